The van der Waals surface area contributed by atoms with E-state index in [1.54, 1.807) is 0 Å². The van der Waals surface area contributed by atoms with Crippen LogP contribution in [0.5, 0.6) is 0 Å². The van der Waals surface area contributed by atoms with Crippen molar-refractivity contribution in [3.63, 3.8) is 0 Å². The van der Waals surface area contributed by atoms with Crippen molar-refractivity contribution in [3.05, 3.63) is 65.2 Å². The molecule has 2 aromatic carbocycles. The van der Waals surface area contributed by atoms with Gasteiger partial charge in [0.1, 0.15) is 0 Å². The Morgan fingerprint density at radius 2 is 1.50 bits per heavy atom. The second kappa shape index (κ2) is 9.89. The lowest BCUT2D eigenvalue weighted by Gasteiger charge is -2.08. The highest BCUT2D eigenvalue weighted by molar-refractivity contribution is 7.92. The molecule has 0 fully saturated rings. The summed E-state index contributed by atoms with van der Waals surface area (Å²) in [7, 11) is -3.35. The third kappa shape index (κ3) is 7.79. The van der Waals surface area contributed by atoms with Crippen molar-refractivity contribution in [2.24, 2.45) is 0 Å². The number of anilines is 1. The highest BCUT2D eigenvalue weighted by Gasteiger charge is 2.07. The van der Waals surface area contributed by atoms with Crippen molar-refractivity contribution in [3.8, 4) is 0 Å². The first-order valence-electron chi connectivity index (χ1n) is 8.91. The lowest BCUT2D eigenvalue weighted by Crippen LogP contribution is -2.34. The molecule has 0 aliphatic rings. The zero-order valence-electron chi connectivity index (χ0n) is 16.0. The summed E-state index contributed by atoms with van der Waals surface area (Å²) in [6.07, 6.45) is 2.13. The van der Waals surface area contributed by atoms with E-state index in [1.807, 2.05) is 31.2 Å². The van der Waals surface area contributed by atoms with Crippen LogP contribution in [0.1, 0.15) is 27.9 Å². The first-order valence-corrected chi connectivity index (χ1v) is 10.8. The average Bonchev–Trinajstić information content (AvgIpc) is 2.64. The lowest BCUT2D eigenvalue weighted by atomic mass is 10.1. The van der Waals surface area contributed by atoms with Crippen molar-refractivity contribution in [2.45, 2.75) is 19.8 Å². The fraction of sp³-hybridized carbons (Fsp3) is 0.300. The molecule has 2 aromatic rings. The molecule has 0 saturated carbocycles. The van der Waals surface area contributed by atoms with Crippen LogP contribution in [0, 0.1) is 6.92 Å². The first-order chi connectivity index (χ1) is 13.2. The molecule has 0 heterocycles. The molecule has 150 valence electrons. The van der Waals surface area contributed by atoms with Crippen LogP contribution in [0.25, 0.3) is 0 Å². The maximum atomic E-state index is 12.1. The maximum absolute atomic E-state index is 12.1. The fourth-order valence-electron chi connectivity index (χ4n) is 2.48. The molecule has 28 heavy (non-hydrogen) atoms. The molecule has 2 rings (SSSR count). The predicted molar refractivity (Wildman–Crippen MR) is 110 cm³/mol. The van der Waals surface area contributed by atoms with Crippen LogP contribution in [0.3, 0.4) is 0 Å². The SMILES string of the molecule is Cc1ccc(CCC(=O)NCCNC(=O)c2ccc(NS(C)(=O)=O)cc2)cc1. The number of rotatable bonds is 9. The van der Waals surface area contributed by atoms with Crippen LogP contribution in [-0.2, 0) is 21.2 Å². The lowest BCUT2D eigenvalue weighted by molar-refractivity contribution is -0.121. The number of sulfonamides is 1. The quantitative estimate of drug-likeness (QED) is 0.556. The number of hydrogen-bond donors (Lipinski definition) is 3. The van der Waals surface area contributed by atoms with Gasteiger partial charge in [0.15, 0.2) is 0 Å². The highest BCUT2D eigenvalue weighted by atomic mass is 32.2. The second-order valence-electron chi connectivity index (χ2n) is 6.54. The van der Waals surface area contributed by atoms with Gasteiger partial charge in [-0.15, -0.1) is 0 Å². The number of nitrogens with one attached hydrogen (secondary N) is 3. The molecule has 0 aliphatic carbocycles. The number of amides is 2. The molecule has 0 bridgehead atoms. The van der Waals surface area contributed by atoms with Gasteiger partial charge in [0.2, 0.25) is 15.9 Å². The Labute approximate surface area is 165 Å². The van der Waals surface area contributed by atoms with E-state index in [1.165, 1.54) is 29.8 Å². The van der Waals surface area contributed by atoms with Gasteiger partial charge in [0.05, 0.1) is 6.26 Å². The molecule has 8 heteroatoms. The summed E-state index contributed by atoms with van der Waals surface area (Å²) in [5, 5.41) is 5.49. The Kier molecular flexibility index (Phi) is 7.57. The third-order valence-electron chi connectivity index (χ3n) is 3.94. The molecule has 3 N–H and O–H groups in total. The largest absolute Gasteiger partial charge is 0.354 e. The molecule has 0 atom stereocenters. The molecule has 0 unspecified atom stereocenters. The number of benzene rings is 2. The topological polar surface area (TPSA) is 104 Å². The first kappa shape index (κ1) is 21.4. The van der Waals surface area contributed by atoms with Gasteiger partial charge < -0.3 is 10.6 Å². The molecule has 0 spiro atoms. The number of aryl methyl sites for hydroxylation is 2. The second-order valence-corrected chi connectivity index (χ2v) is 8.29. The monoisotopic (exact) mass is 403 g/mol. The van der Waals surface area contributed by atoms with Crippen molar-refractivity contribution in [2.75, 3.05) is 24.1 Å². The zero-order chi connectivity index (χ0) is 20.6. The summed E-state index contributed by atoms with van der Waals surface area (Å²) < 4.78 is 24.7. The minimum absolute atomic E-state index is 0.0639. The maximum Gasteiger partial charge on any atom is 0.251 e. The number of carbonyl (C=O) groups excluding carboxylic acids is 2. The summed E-state index contributed by atoms with van der Waals surface area (Å²) in [5.74, 6) is -0.356. The van der Waals surface area contributed by atoms with Crippen molar-refractivity contribution >= 4 is 27.5 Å². The van der Waals surface area contributed by atoms with Crippen LogP contribution in [0.4, 0.5) is 5.69 Å². The Balaban J connectivity index is 1.67. The molecule has 7 nitrogen and oxygen atoms in total. The van der Waals surface area contributed by atoms with E-state index >= 15 is 0 Å². The summed E-state index contributed by atoms with van der Waals surface area (Å²) in [4.78, 5) is 23.9. The average molecular weight is 404 g/mol. The smallest absolute Gasteiger partial charge is 0.251 e. The van der Waals surface area contributed by atoms with E-state index in [9.17, 15) is 18.0 Å². The van der Waals surface area contributed by atoms with E-state index in [0.29, 0.717) is 37.2 Å². The van der Waals surface area contributed by atoms with E-state index in [2.05, 4.69) is 15.4 Å². The zero-order valence-corrected chi connectivity index (χ0v) is 16.8. The van der Waals surface area contributed by atoms with Crippen molar-refractivity contribution in [1.82, 2.24) is 10.6 Å². The summed E-state index contributed by atoms with van der Waals surface area (Å²) in [6.45, 7) is 2.66. The van der Waals surface area contributed by atoms with Gasteiger partial charge in [-0.3, -0.25) is 14.3 Å². The predicted octanol–water partition coefficient (Wildman–Crippen LogP) is 1.85. The van der Waals surface area contributed by atoms with E-state index in [0.717, 1.165) is 11.8 Å². The highest BCUT2D eigenvalue weighted by Crippen LogP contribution is 2.10. The number of carbonyl (C=O) groups is 2. The Morgan fingerprint density at radius 3 is 2.11 bits per heavy atom. The standard InChI is InChI=1S/C20H25N3O4S/c1-15-3-5-16(6-4-15)7-12-19(24)21-13-14-22-20(25)17-8-10-18(11-9-17)23-28(2,26)27/h3-6,8-11,23H,7,12-14H2,1-2H3,(H,21,24)(H,22,25). The molecule has 0 saturated heterocycles. The Morgan fingerprint density at radius 1 is 0.893 bits per heavy atom. The van der Waals surface area contributed by atoms with Gasteiger partial charge in [-0.2, -0.15) is 0 Å². The third-order valence-corrected chi connectivity index (χ3v) is 4.55. The van der Waals surface area contributed by atoms with Crippen LogP contribution in [-0.4, -0.2) is 39.6 Å². The Bertz CT molecular complexity index is 907. The molecular formula is C20H25N3O4S. The molecule has 0 radical (unpaired) electrons. The van der Waals surface area contributed by atoms with Gasteiger partial charge >= 0.3 is 0 Å². The molecule has 0 aromatic heterocycles. The van der Waals surface area contributed by atoms with Crippen LogP contribution in [0.15, 0.2) is 48.5 Å². The van der Waals surface area contributed by atoms with Gasteiger partial charge in [0, 0.05) is 30.8 Å². The van der Waals surface area contributed by atoms with Crippen LogP contribution >= 0.6 is 0 Å². The summed E-state index contributed by atoms with van der Waals surface area (Å²) >= 11 is 0. The Hall–Kier alpha value is -2.87. The molecule has 0 aliphatic heterocycles. The van der Waals surface area contributed by atoms with Crippen molar-refractivity contribution < 1.29 is 18.0 Å². The molecular weight excluding hydrogens is 378 g/mol. The fourth-order valence-corrected chi connectivity index (χ4v) is 3.05. The number of hydrogen-bond acceptors (Lipinski definition) is 4. The van der Waals surface area contributed by atoms with Gasteiger partial charge in [-0.25, -0.2) is 8.42 Å². The van der Waals surface area contributed by atoms with Crippen molar-refractivity contribution in [1.29, 1.82) is 0 Å². The van der Waals surface area contributed by atoms with E-state index < -0.39 is 10.0 Å². The van der Waals surface area contributed by atoms with Crippen LogP contribution < -0.4 is 15.4 Å². The normalized spacial score (nSPS) is 10.9. The summed E-state index contributed by atoms with van der Waals surface area (Å²) in [5.41, 5.74) is 3.10. The minimum atomic E-state index is -3.35. The van der Waals surface area contributed by atoms with Gasteiger partial charge in [-0.1, -0.05) is 29.8 Å². The van der Waals surface area contributed by atoms with Gasteiger partial charge in [0.25, 0.3) is 5.91 Å². The van der Waals surface area contributed by atoms with Gasteiger partial charge in [-0.05, 0) is 43.2 Å². The van der Waals surface area contributed by atoms with E-state index in [-0.39, 0.29) is 11.8 Å². The van der Waals surface area contributed by atoms with Crippen LogP contribution in [0.2, 0.25) is 0 Å². The molecule has 2 amide bonds. The minimum Gasteiger partial charge on any atom is -0.354 e. The van der Waals surface area contributed by atoms with E-state index in [4.69, 9.17) is 0 Å². The summed E-state index contributed by atoms with van der Waals surface area (Å²) in [6, 6.07) is 14.2.